The zero-order valence-electron chi connectivity index (χ0n) is 13.0. The van der Waals surface area contributed by atoms with Gasteiger partial charge in [0.05, 0.1) is 5.56 Å². The van der Waals surface area contributed by atoms with Gasteiger partial charge in [-0.15, -0.1) is 12.4 Å². The normalized spacial score (nSPS) is 17.5. The van der Waals surface area contributed by atoms with Crippen LogP contribution >= 0.6 is 12.4 Å². The summed E-state index contributed by atoms with van der Waals surface area (Å²) in [5.74, 6) is -0.262. The van der Waals surface area contributed by atoms with Gasteiger partial charge in [-0.05, 0) is 30.4 Å². The van der Waals surface area contributed by atoms with E-state index in [-0.39, 0.29) is 36.7 Å². The molecule has 1 aromatic carbocycles. The average molecular weight is 351 g/mol. The number of halogens is 4. The zero-order valence-corrected chi connectivity index (χ0v) is 13.8. The second kappa shape index (κ2) is 8.02. The van der Waals surface area contributed by atoms with Crippen molar-refractivity contribution < 1.29 is 18.0 Å². The van der Waals surface area contributed by atoms with Crippen molar-refractivity contribution >= 4 is 18.3 Å². The Kier molecular flexibility index (Phi) is 6.89. The molecule has 130 valence electrons. The number of hydrogen-bond donors (Lipinski definition) is 1. The highest BCUT2D eigenvalue weighted by Crippen LogP contribution is 2.32. The molecule has 1 fully saturated rings. The number of nitrogens with zero attached hydrogens (tertiary/aromatic N) is 1. The summed E-state index contributed by atoms with van der Waals surface area (Å²) < 4.78 is 38.2. The van der Waals surface area contributed by atoms with Crippen molar-refractivity contribution in [2.24, 2.45) is 5.73 Å². The summed E-state index contributed by atoms with van der Waals surface area (Å²) in [4.78, 5) is 14.0. The van der Waals surface area contributed by atoms with Crippen molar-refractivity contribution in [3.8, 4) is 0 Å². The maximum absolute atomic E-state index is 12.7. The number of benzene rings is 1. The predicted octanol–water partition coefficient (Wildman–Crippen LogP) is 3.57. The van der Waals surface area contributed by atoms with Crippen molar-refractivity contribution in [2.45, 2.75) is 44.3 Å². The maximum Gasteiger partial charge on any atom is 0.416 e. The predicted molar refractivity (Wildman–Crippen MR) is 85.5 cm³/mol. The van der Waals surface area contributed by atoms with E-state index >= 15 is 0 Å². The highest BCUT2D eigenvalue weighted by molar-refractivity contribution is 5.85. The quantitative estimate of drug-likeness (QED) is 0.905. The second-order valence-electron chi connectivity index (χ2n) is 5.95. The van der Waals surface area contributed by atoms with Crippen LogP contribution in [0.25, 0.3) is 0 Å². The summed E-state index contributed by atoms with van der Waals surface area (Å²) in [5.41, 5.74) is 5.67. The Bertz CT molecular complexity index is 528. The fourth-order valence-electron chi connectivity index (χ4n) is 2.68. The lowest BCUT2D eigenvalue weighted by atomic mass is 9.95. The Morgan fingerprint density at radius 3 is 2.52 bits per heavy atom. The molecule has 3 nitrogen and oxygen atoms in total. The fourth-order valence-corrected chi connectivity index (χ4v) is 2.68. The molecule has 1 heterocycles. The number of nitrogens with two attached hydrogens (primary N) is 1. The minimum absolute atomic E-state index is 0. The molecule has 0 aliphatic carbocycles. The summed E-state index contributed by atoms with van der Waals surface area (Å²) in [6, 6.07) is 5.34. The van der Waals surface area contributed by atoms with Crippen LogP contribution < -0.4 is 5.73 Å². The lowest BCUT2D eigenvalue weighted by Crippen LogP contribution is -2.43. The van der Waals surface area contributed by atoms with Crippen LogP contribution in [0, 0.1) is 0 Å². The zero-order chi connectivity index (χ0) is 16.3. The minimum Gasteiger partial charge on any atom is -0.343 e. The van der Waals surface area contributed by atoms with Gasteiger partial charge in [-0.25, -0.2) is 0 Å². The monoisotopic (exact) mass is 350 g/mol. The Morgan fingerprint density at radius 2 is 1.96 bits per heavy atom. The highest BCUT2D eigenvalue weighted by atomic mass is 35.5. The molecule has 1 amide bonds. The van der Waals surface area contributed by atoms with Crippen LogP contribution in [-0.4, -0.2) is 29.9 Å². The lowest BCUT2D eigenvalue weighted by Gasteiger charge is -2.31. The van der Waals surface area contributed by atoms with E-state index in [1.807, 2.05) is 0 Å². The van der Waals surface area contributed by atoms with Gasteiger partial charge in [0, 0.05) is 25.6 Å². The summed E-state index contributed by atoms with van der Waals surface area (Å²) in [6.07, 6.45) is -2.58. The van der Waals surface area contributed by atoms with Gasteiger partial charge in [0.15, 0.2) is 0 Å². The summed E-state index contributed by atoms with van der Waals surface area (Å²) >= 11 is 0. The number of carbonyl (C=O) groups excluding carboxylic acids is 1. The van der Waals surface area contributed by atoms with Gasteiger partial charge in [-0.3, -0.25) is 4.79 Å². The van der Waals surface area contributed by atoms with Gasteiger partial charge in [0.25, 0.3) is 0 Å². The van der Waals surface area contributed by atoms with E-state index in [0.717, 1.165) is 25.0 Å². The molecule has 23 heavy (non-hydrogen) atoms. The first-order valence-electron chi connectivity index (χ1n) is 7.48. The molecule has 0 spiro atoms. The average Bonchev–Trinajstić information content (AvgIpc) is 2.47. The fraction of sp³-hybridized carbons (Fsp3) is 0.562. The van der Waals surface area contributed by atoms with E-state index in [0.29, 0.717) is 18.7 Å². The van der Waals surface area contributed by atoms with Gasteiger partial charge in [-0.1, -0.05) is 25.1 Å². The van der Waals surface area contributed by atoms with E-state index in [4.69, 9.17) is 5.73 Å². The number of rotatable bonds is 3. The molecule has 1 unspecified atom stereocenters. The van der Waals surface area contributed by atoms with Crippen LogP contribution in [0.1, 0.15) is 43.2 Å². The maximum atomic E-state index is 12.7. The van der Waals surface area contributed by atoms with Gasteiger partial charge < -0.3 is 10.6 Å². The van der Waals surface area contributed by atoms with Crippen molar-refractivity contribution in [1.82, 2.24) is 4.90 Å². The molecule has 2 N–H and O–H groups in total. The summed E-state index contributed by atoms with van der Waals surface area (Å²) in [6.45, 7) is 3.05. The topological polar surface area (TPSA) is 46.3 Å². The van der Waals surface area contributed by atoms with E-state index in [1.54, 1.807) is 17.9 Å². The third-order valence-corrected chi connectivity index (χ3v) is 4.16. The highest BCUT2D eigenvalue weighted by Gasteiger charge is 2.31. The van der Waals surface area contributed by atoms with Crippen LogP contribution in [0.3, 0.4) is 0 Å². The standard InChI is InChI=1S/C16H21F3N2O.ClH/c1-11(9-15(22)21-7-5-14(20)6-8-21)12-3-2-4-13(10-12)16(17,18)19;/h2-4,10-11,14H,5-9,20H2,1H3;1H. The molecule has 0 saturated carbocycles. The van der Waals surface area contributed by atoms with E-state index in [2.05, 4.69) is 0 Å². The molecule has 0 bridgehead atoms. The van der Waals surface area contributed by atoms with Crippen molar-refractivity contribution in [1.29, 1.82) is 0 Å². The number of carbonyl (C=O) groups is 1. The lowest BCUT2D eigenvalue weighted by molar-refractivity contribution is -0.137. The summed E-state index contributed by atoms with van der Waals surface area (Å²) in [5, 5.41) is 0. The van der Waals surface area contributed by atoms with Gasteiger partial charge >= 0.3 is 6.18 Å². The molecule has 1 saturated heterocycles. The SMILES string of the molecule is CC(CC(=O)N1CCC(N)CC1)c1cccc(C(F)(F)F)c1.Cl. The van der Waals surface area contributed by atoms with Crippen LogP contribution in [0.15, 0.2) is 24.3 Å². The van der Waals surface area contributed by atoms with Crippen LogP contribution in [-0.2, 0) is 11.0 Å². The minimum atomic E-state index is -4.36. The number of alkyl halides is 3. The Balaban J connectivity index is 0.00000264. The Labute approximate surface area is 140 Å². The first kappa shape index (κ1) is 19.8. The summed E-state index contributed by atoms with van der Waals surface area (Å²) in [7, 11) is 0. The van der Waals surface area contributed by atoms with Crippen molar-refractivity contribution in [3.63, 3.8) is 0 Å². The van der Waals surface area contributed by atoms with Crippen molar-refractivity contribution in [3.05, 3.63) is 35.4 Å². The van der Waals surface area contributed by atoms with Gasteiger partial charge in [-0.2, -0.15) is 13.2 Å². The van der Waals surface area contributed by atoms with E-state index in [9.17, 15) is 18.0 Å². The molecule has 0 aromatic heterocycles. The van der Waals surface area contributed by atoms with E-state index < -0.39 is 11.7 Å². The number of likely N-dealkylation sites (tertiary alicyclic amines) is 1. The van der Waals surface area contributed by atoms with Crippen LogP contribution in [0.2, 0.25) is 0 Å². The number of hydrogen-bond acceptors (Lipinski definition) is 2. The van der Waals surface area contributed by atoms with E-state index in [1.165, 1.54) is 6.07 Å². The molecule has 0 radical (unpaired) electrons. The van der Waals surface area contributed by atoms with Gasteiger partial charge in [0.2, 0.25) is 5.91 Å². The molecule has 1 aliphatic heterocycles. The third-order valence-electron chi connectivity index (χ3n) is 4.16. The smallest absolute Gasteiger partial charge is 0.343 e. The molecular weight excluding hydrogens is 329 g/mol. The molecular formula is C16H22ClF3N2O. The van der Waals surface area contributed by atoms with Crippen LogP contribution in [0.4, 0.5) is 13.2 Å². The Morgan fingerprint density at radius 1 is 1.35 bits per heavy atom. The molecule has 1 aliphatic rings. The van der Waals surface area contributed by atoms with Crippen LogP contribution in [0.5, 0.6) is 0 Å². The molecule has 1 aromatic rings. The van der Waals surface area contributed by atoms with Gasteiger partial charge in [0.1, 0.15) is 0 Å². The molecule has 1 atom stereocenters. The number of piperidine rings is 1. The first-order chi connectivity index (χ1) is 10.3. The third kappa shape index (κ3) is 5.39. The first-order valence-corrected chi connectivity index (χ1v) is 7.48. The molecule has 7 heteroatoms. The number of amides is 1. The van der Waals surface area contributed by atoms with Crippen molar-refractivity contribution in [2.75, 3.05) is 13.1 Å². The Hall–Kier alpha value is -1.27. The largest absolute Gasteiger partial charge is 0.416 e. The molecule has 2 rings (SSSR count). The second-order valence-corrected chi connectivity index (χ2v) is 5.95.